The van der Waals surface area contributed by atoms with Crippen molar-refractivity contribution >= 4 is 5.91 Å². The van der Waals surface area contributed by atoms with Crippen LogP contribution in [-0.4, -0.2) is 49.0 Å². The topological polar surface area (TPSA) is 35.6 Å². The van der Waals surface area contributed by atoms with E-state index in [2.05, 4.69) is 5.43 Å². The fourth-order valence-corrected chi connectivity index (χ4v) is 1.83. The summed E-state index contributed by atoms with van der Waals surface area (Å²) in [6.45, 7) is 3.77. The fourth-order valence-electron chi connectivity index (χ4n) is 1.83. The van der Waals surface area contributed by atoms with E-state index in [1.165, 1.54) is 6.42 Å². The van der Waals surface area contributed by atoms with E-state index >= 15 is 0 Å². The molecule has 14 heavy (non-hydrogen) atoms. The largest absolute Gasteiger partial charge is 0.341 e. The molecule has 1 rings (SSSR count). The summed E-state index contributed by atoms with van der Waals surface area (Å²) in [5.74, 6) is 0.221. The Kier molecular flexibility index (Phi) is 4.35. The van der Waals surface area contributed by atoms with Crippen LogP contribution >= 0.6 is 0 Å². The summed E-state index contributed by atoms with van der Waals surface area (Å²) in [5, 5.41) is 1.83. The Morgan fingerprint density at radius 2 is 1.86 bits per heavy atom. The van der Waals surface area contributed by atoms with Gasteiger partial charge in [0, 0.05) is 27.2 Å². The molecular formula is C10H21N3O. The molecule has 0 spiro atoms. The summed E-state index contributed by atoms with van der Waals surface area (Å²) >= 11 is 0. The number of hydrogen-bond acceptors (Lipinski definition) is 3. The molecule has 1 amide bonds. The first-order chi connectivity index (χ1) is 6.61. The minimum absolute atomic E-state index is 0.108. The Bertz CT molecular complexity index is 188. The highest BCUT2D eigenvalue weighted by molar-refractivity contribution is 5.81. The van der Waals surface area contributed by atoms with Gasteiger partial charge in [-0.1, -0.05) is 0 Å². The third-order valence-electron chi connectivity index (χ3n) is 2.49. The van der Waals surface area contributed by atoms with Gasteiger partial charge in [-0.3, -0.25) is 4.79 Å². The van der Waals surface area contributed by atoms with Crippen LogP contribution in [0, 0.1) is 0 Å². The van der Waals surface area contributed by atoms with E-state index in [1.54, 1.807) is 0 Å². The fraction of sp³-hybridized carbons (Fsp3) is 0.900. The molecule has 0 aromatic heterocycles. The molecule has 1 saturated heterocycles. The first-order valence-corrected chi connectivity index (χ1v) is 5.33. The molecule has 4 heteroatoms. The third-order valence-corrected chi connectivity index (χ3v) is 2.49. The van der Waals surface area contributed by atoms with Gasteiger partial charge in [0.25, 0.3) is 0 Å². The average Bonchev–Trinajstić information content (AvgIpc) is 2.17. The molecule has 4 nitrogen and oxygen atoms in total. The number of nitrogens with one attached hydrogen (secondary N) is 1. The molecule has 1 aliphatic rings. The van der Waals surface area contributed by atoms with Crippen LogP contribution < -0.4 is 5.43 Å². The Balaban J connectivity index is 2.38. The predicted octanol–water partition coefficient (Wildman–Crippen LogP) is 0.454. The second kappa shape index (κ2) is 5.32. The molecule has 0 radical (unpaired) electrons. The minimum atomic E-state index is -0.108. The Morgan fingerprint density at radius 1 is 1.29 bits per heavy atom. The Hall–Kier alpha value is -0.610. The van der Waals surface area contributed by atoms with Gasteiger partial charge >= 0.3 is 0 Å². The molecule has 82 valence electrons. The van der Waals surface area contributed by atoms with Gasteiger partial charge in [0.2, 0.25) is 5.91 Å². The van der Waals surface area contributed by atoms with Crippen molar-refractivity contribution < 1.29 is 4.79 Å². The van der Waals surface area contributed by atoms with Crippen LogP contribution in [0.4, 0.5) is 0 Å². The molecule has 1 fully saturated rings. The van der Waals surface area contributed by atoms with Gasteiger partial charge in [0.15, 0.2) is 0 Å². The molecular weight excluding hydrogens is 178 g/mol. The van der Waals surface area contributed by atoms with E-state index in [4.69, 9.17) is 0 Å². The van der Waals surface area contributed by atoms with Gasteiger partial charge in [-0.15, -0.1) is 0 Å². The lowest BCUT2D eigenvalue weighted by Gasteiger charge is -2.30. The second-order valence-corrected chi connectivity index (χ2v) is 4.13. The molecule has 1 aliphatic heterocycles. The lowest BCUT2D eigenvalue weighted by molar-refractivity contribution is -0.135. The number of carbonyl (C=O) groups excluding carboxylic acids is 1. The Labute approximate surface area is 86.2 Å². The SMILES string of the molecule is CC(NN(C)C)C(=O)N1CCCCC1. The first kappa shape index (κ1) is 11.5. The van der Waals surface area contributed by atoms with Crippen molar-refractivity contribution in [3.05, 3.63) is 0 Å². The molecule has 1 N–H and O–H groups in total. The summed E-state index contributed by atoms with van der Waals surface area (Å²) in [5.41, 5.74) is 3.08. The van der Waals surface area contributed by atoms with Crippen molar-refractivity contribution in [3.8, 4) is 0 Å². The van der Waals surface area contributed by atoms with Crippen molar-refractivity contribution in [2.75, 3.05) is 27.2 Å². The van der Waals surface area contributed by atoms with E-state index in [-0.39, 0.29) is 11.9 Å². The van der Waals surface area contributed by atoms with Crippen molar-refractivity contribution in [1.29, 1.82) is 0 Å². The van der Waals surface area contributed by atoms with E-state index < -0.39 is 0 Å². The molecule has 0 aromatic carbocycles. The van der Waals surface area contributed by atoms with E-state index in [1.807, 2.05) is 30.9 Å². The van der Waals surface area contributed by atoms with Crippen molar-refractivity contribution in [2.24, 2.45) is 0 Å². The van der Waals surface area contributed by atoms with Gasteiger partial charge in [-0.2, -0.15) is 0 Å². The van der Waals surface area contributed by atoms with Gasteiger partial charge in [-0.25, -0.2) is 10.4 Å². The maximum Gasteiger partial charge on any atom is 0.240 e. The van der Waals surface area contributed by atoms with E-state index in [0.29, 0.717) is 0 Å². The van der Waals surface area contributed by atoms with Crippen LogP contribution in [-0.2, 0) is 4.79 Å². The quantitative estimate of drug-likeness (QED) is 0.671. The maximum atomic E-state index is 11.9. The van der Waals surface area contributed by atoms with E-state index in [9.17, 15) is 4.79 Å². The standard InChI is InChI=1S/C10H21N3O/c1-9(11-12(2)3)10(14)13-7-5-4-6-8-13/h9,11H,4-8H2,1-3H3. The van der Waals surface area contributed by atoms with Gasteiger partial charge in [0.1, 0.15) is 0 Å². The molecule has 0 aliphatic carbocycles. The smallest absolute Gasteiger partial charge is 0.240 e. The van der Waals surface area contributed by atoms with Crippen LogP contribution in [0.3, 0.4) is 0 Å². The summed E-state index contributed by atoms with van der Waals surface area (Å²) in [7, 11) is 3.81. The number of nitrogens with zero attached hydrogens (tertiary/aromatic N) is 2. The zero-order valence-corrected chi connectivity index (χ0v) is 9.42. The third kappa shape index (κ3) is 3.27. The lowest BCUT2D eigenvalue weighted by Crippen LogP contribution is -2.50. The zero-order valence-electron chi connectivity index (χ0n) is 9.42. The number of piperidine rings is 1. The van der Waals surface area contributed by atoms with Crippen LogP contribution in [0.5, 0.6) is 0 Å². The van der Waals surface area contributed by atoms with Gasteiger partial charge < -0.3 is 4.90 Å². The van der Waals surface area contributed by atoms with Gasteiger partial charge in [-0.05, 0) is 26.2 Å². The predicted molar refractivity (Wildman–Crippen MR) is 56.7 cm³/mol. The number of hydrogen-bond donors (Lipinski definition) is 1. The molecule has 0 saturated carbocycles. The van der Waals surface area contributed by atoms with Crippen molar-refractivity contribution in [3.63, 3.8) is 0 Å². The van der Waals surface area contributed by atoms with Crippen LogP contribution in [0.1, 0.15) is 26.2 Å². The Morgan fingerprint density at radius 3 is 2.36 bits per heavy atom. The maximum absolute atomic E-state index is 11.9. The second-order valence-electron chi connectivity index (χ2n) is 4.13. The normalized spacial score (nSPS) is 19.9. The summed E-state index contributed by atoms with van der Waals surface area (Å²) in [6, 6.07) is -0.108. The minimum Gasteiger partial charge on any atom is -0.341 e. The van der Waals surface area contributed by atoms with Crippen LogP contribution in [0.2, 0.25) is 0 Å². The molecule has 1 atom stereocenters. The van der Waals surface area contributed by atoms with Gasteiger partial charge in [0.05, 0.1) is 6.04 Å². The highest BCUT2D eigenvalue weighted by Crippen LogP contribution is 2.09. The number of hydrazine groups is 1. The summed E-state index contributed by atoms with van der Waals surface area (Å²) in [6.07, 6.45) is 3.57. The number of carbonyl (C=O) groups is 1. The molecule has 0 bridgehead atoms. The van der Waals surface area contributed by atoms with E-state index in [0.717, 1.165) is 25.9 Å². The van der Waals surface area contributed by atoms with Crippen molar-refractivity contribution in [2.45, 2.75) is 32.2 Å². The number of amides is 1. The van der Waals surface area contributed by atoms with Crippen LogP contribution in [0.15, 0.2) is 0 Å². The summed E-state index contributed by atoms with van der Waals surface area (Å²) < 4.78 is 0. The number of likely N-dealkylation sites (tertiary alicyclic amines) is 1. The average molecular weight is 199 g/mol. The molecule has 0 aromatic rings. The monoisotopic (exact) mass is 199 g/mol. The highest BCUT2D eigenvalue weighted by atomic mass is 16.2. The van der Waals surface area contributed by atoms with Crippen molar-refractivity contribution in [1.82, 2.24) is 15.3 Å². The summed E-state index contributed by atoms with van der Waals surface area (Å²) in [4.78, 5) is 13.8. The molecule has 1 unspecified atom stereocenters. The molecule has 1 heterocycles. The first-order valence-electron chi connectivity index (χ1n) is 5.33. The zero-order chi connectivity index (χ0) is 10.6. The highest BCUT2D eigenvalue weighted by Gasteiger charge is 2.21. The number of rotatable bonds is 3. The lowest BCUT2D eigenvalue weighted by atomic mass is 10.1. The van der Waals surface area contributed by atoms with Crippen LogP contribution in [0.25, 0.3) is 0 Å².